The summed E-state index contributed by atoms with van der Waals surface area (Å²) in [5.74, 6) is 0.196. The van der Waals surface area contributed by atoms with E-state index in [0.717, 1.165) is 12.1 Å². The van der Waals surface area contributed by atoms with Gasteiger partial charge >= 0.3 is 0 Å². The Morgan fingerprint density at radius 1 is 1.06 bits per heavy atom. The van der Waals surface area contributed by atoms with Gasteiger partial charge in [0.1, 0.15) is 0 Å². The Bertz CT molecular complexity index is 1150. The summed E-state index contributed by atoms with van der Waals surface area (Å²) < 4.78 is 12.7. The molecule has 0 aliphatic heterocycles. The zero-order chi connectivity index (χ0) is 24.1. The minimum Gasteiger partial charge on any atom is -0.493 e. The summed E-state index contributed by atoms with van der Waals surface area (Å²) in [4.78, 5) is 30.4. The highest BCUT2D eigenvalue weighted by Gasteiger charge is 2.20. The predicted molar refractivity (Wildman–Crippen MR) is 126 cm³/mol. The lowest BCUT2D eigenvalue weighted by Crippen LogP contribution is -2.41. The smallest absolute Gasteiger partial charge is 0.270 e. The van der Waals surface area contributed by atoms with Crippen molar-refractivity contribution in [3.8, 4) is 11.5 Å². The molecule has 33 heavy (non-hydrogen) atoms. The molecule has 0 fully saturated rings. The van der Waals surface area contributed by atoms with Crippen LogP contribution in [-0.2, 0) is 0 Å². The molecule has 0 bridgehead atoms. The molecule has 0 spiro atoms. The number of carbonyl (C=O) groups excluding carboxylic acids is 2. The highest BCUT2D eigenvalue weighted by atomic mass is 16.5. The maximum absolute atomic E-state index is 13.0. The van der Waals surface area contributed by atoms with Gasteiger partial charge < -0.3 is 9.47 Å². The molecule has 0 aliphatic rings. The van der Waals surface area contributed by atoms with E-state index < -0.39 is 11.8 Å². The van der Waals surface area contributed by atoms with Gasteiger partial charge in [0, 0.05) is 17.3 Å². The average Bonchev–Trinajstić information content (AvgIpc) is 3.24. The van der Waals surface area contributed by atoms with Crippen molar-refractivity contribution in [2.75, 3.05) is 13.7 Å². The zero-order valence-corrected chi connectivity index (χ0v) is 19.9. The van der Waals surface area contributed by atoms with E-state index in [0.29, 0.717) is 40.3 Å². The second kappa shape index (κ2) is 10.3. The molecular formula is C24H31N5O4. The SMILES string of the molecule is CCCOc1ccc(C(=O)NNC(=O)c2cc(C(C)C)nc3c2cnn3C(C)C)cc1OC. The number of aromatic nitrogens is 3. The number of hydrogen-bond acceptors (Lipinski definition) is 6. The van der Waals surface area contributed by atoms with Gasteiger partial charge in [-0.3, -0.25) is 20.4 Å². The molecule has 0 aliphatic carbocycles. The van der Waals surface area contributed by atoms with Gasteiger partial charge in [0.05, 0.1) is 30.9 Å². The average molecular weight is 454 g/mol. The second-order valence-electron chi connectivity index (χ2n) is 8.29. The lowest BCUT2D eigenvalue weighted by molar-refractivity contribution is 0.0847. The van der Waals surface area contributed by atoms with Crippen LogP contribution in [0.15, 0.2) is 30.5 Å². The van der Waals surface area contributed by atoms with Gasteiger partial charge in [-0.2, -0.15) is 5.10 Å². The van der Waals surface area contributed by atoms with Crippen LogP contribution in [0.4, 0.5) is 0 Å². The van der Waals surface area contributed by atoms with E-state index in [1.807, 2.05) is 34.6 Å². The fourth-order valence-corrected chi connectivity index (χ4v) is 3.29. The molecule has 9 nitrogen and oxygen atoms in total. The first-order valence-corrected chi connectivity index (χ1v) is 11.1. The first-order chi connectivity index (χ1) is 15.8. The van der Waals surface area contributed by atoms with Crippen LogP contribution in [0, 0.1) is 0 Å². The maximum Gasteiger partial charge on any atom is 0.270 e. The van der Waals surface area contributed by atoms with Crippen LogP contribution in [0.1, 0.15) is 79.4 Å². The number of methoxy groups -OCH3 is 1. The first-order valence-electron chi connectivity index (χ1n) is 11.1. The minimum absolute atomic E-state index is 0.0901. The van der Waals surface area contributed by atoms with Crippen LogP contribution < -0.4 is 20.3 Å². The third-order valence-corrected chi connectivity index (χ3v) is 5.09. The Morgan fingerprint density at radius 2 is 1.79 bits per heavy atom. The fourth-order valence-electron chi connectivity index (χ4n) is 3.29. The van der Waals surface area contributed by atoms with Crippen molar-refractivity contribution in [3.05, 3.63) is 47.3 Å². The van der Waals surface area contributed by atoms with Crippen LogP contribution >= 0.6 is 0 Å². The highest BCUT2D eigenvalue weighted by molar-refractivity contribution is 6.06. The summed E-state index contributed by atoms with van der Waals surface area (Å²) >= 11 is 0. The molecule has 3 rings (SSSR count). The van der Waals surface area contributed by atoms with E-state index >= 15 is 0 Å². The number of ether oxygens (including phenoxy) is 2. The van der Waals surface area contributed by atoms with Crippen molar-refractivity contribution in [1.82, 2.24) is 25.6 Å². The standard InChI is InChI=1S/C24H31N5O4/c1-7-10-33-20-9-8-16(11-21(20)32-6)23(30)27-28-24(31)17-12-19(14(2)3)26-22-18(17)13-25-29(22)15(4)5/h8-9,11-15H,7,10H2,1-6H3,(H,27,30)(H,28,31). The molecule has 1 aromatic carbocycles. The van der Waals surface area contributed by atoms with E-state index in [1.54, 1.807) is 35.1 Å². The molecule has 3 aromatic rings. The van der Waals surface area contributed by atoms with Crippen molar-refractivity contribution in [1.29, 1.82) is 0 Å². The normalized spacial score (nSPS) is 11.2. The molecule has 0 radical (unpaired) electrons. The number of nitrogens with zero attached hydrogens (tertiary/aromatic N) is 3. The predicted octanol–water partition coefficient (Wildman–Crippen LogP) is 4.01. The first kappa shape index (κ1) is 24.0. The topological polar surface area (TPSA) is 107 Å². The molecular weight excluding hydrogens is 422 g/mol. The molecule has 0 saturated carbocycles. The van der Waals surface area contributed by atoms with E-state index in [4.69, 9.17) is 14.5 Å². The van der Waals surface area contributed by atoms with Crippen LogP contribution in [0.25, 0.3) is 11.0 Å². The number of carbonyl (C=O) groups is 2. The number of amides is 2. The summed E-state index contributed by atoms with van der Waals surface area (Å²) in [6.07, 6.45) is 2.48. The summed E-state index contributed by atoms with van der Waals surface area (Å²) in [5, 5.41) is 5.01. The molecule has 2 amide bonds. The van der Waals surface area contributed by atoms with Gasteiger partial charge in [0.15, 0.2) is 17.1 Å². The molecule has 2 aromatic heterocycles. The van der Waals surface area contributed by atoms with Gasteiger partial charge in [-0.05, 0) is 50.5 Å². The highest BCUT2D eigenvalue weighted by Crippen LogP contribution is 2.28. The Balaban J connectivity index is 1.81. The monoisotopic (exact) mass is 453 g/mol. The number of hydrazine groups is 1. The number of fused-ring (bicyclic) bond motifs is 1. The number of benzene rings is 1. The summed E-state index contributed by atoms with van der Waals surface area (Å²) in [6, 6.07) is 6.69. The number of pyridine rings is 1. The quantitative estimate of drug-likeness (QED) is 0.499. The molecule has 176 valence electrons. The van der Waals surface area contributed by atoms with Crippen LogP contribution in [0.2, 0.25) is 0 Å². The Kier molecular flexibility index (Phi) is 7.52. The van der Waals surface area contributed by atoms with E-state index in [1.165, 1.54) is 7.11 Å². The largest absolute Gasteiger partial charge is 0.493 e. The molecule has 2 N–H and O–H groups in total. The number of rotatable bonds is 8. The summed E-state index contributed by atoms with van der Waals surface area (Å²) in [6.45, 7) is 10.6. The van der Waals surface area contributed by atoms with Gasteiger partial charge in [-0.1, -0.05) is 20.8 Å². The number of hydrogen-bond donors (Lipinski definition) is 2. The Hall–Kier alpha value is -3.62. The van der Waals surface area contributed by atoms with Crippen LogP contribution in [0.3, 0.4) is 0 Å². The van der Waals surface area contributed by atoms with Crippen molar-refractivity contribution in [2.45, 2.75) is 53.0 Å². The fraction of sp³-hybridized carbons (Fsp3) is 0.417. The third kappa shape index (κ3) is 5.24. The molecule has 0 saturated heterocycles. The summed E-state index contributed by atoms with van der Waals surface area (Å²) in [7, 11) is 1.51. The Morgan fingerprint density at radius 3 is 2.42 bits per heavy atom. The van der Waals surface area contributed by atoms with Crippen molar-refractivity contribution in [2.24, 2.45) is 0 Å². The van der Waals surface area contributed by atoms with Gasteiger partial charge in [-0.25, -0.2) is 9.67 Å². The summed E-state index contributed by atoms with van der Waals surface area (Å²) in [5.41, 5.74) is 7.11. The molecule has 0 atom stereocenters. The number of nitrogens with one attached hydrogen (secondary N) is 2. The van der Waals surface area contributed by atoms with Crippen molar-refractivity contribution < 1.29 is 19.1 Å². The van der Waals surface area contributed by atoms with E-state index in [-0.39, 0.29) is 12.0 Å². The van der Waals surface area contributed by atoms with Gasteiger partial charge in [0.25, 0.3) is 11.8 Å². The van der Waals surface area contributed by atoms with E-state index in [9.17, 15) is 9.59 Å². The molecule has 9 heteroatoms. The van der Waals surface area contributed by atoms with Crippen molar-refractivity contribution in [3.63, 3.8) is 0 Å². The minimum atomic E-state index is -0.476. The van der Waals surface area contributed by atoms with Crippen LogP contribution in [-0.4, -0.2) is 40.3 Å². The molecule has 2 heterocycles. The van der Waals surface area contributed by atoms with Crippen molar-refractivity contribution >= 4 is 22.8 Å². The maximum atomic E-state index is 13.0. The van der Waals surface area contributed by atoms with E-state index in [2.05, 4.69) is 16.0 Å². The lowest BCUT2D eigenvalue weighted by atomic mass is 10.1. The van der Waals surface area contributed by atoms with Gasteiger partial charge in [-0.15, -0.1) is 0 Å². The second-order valence-corrected chi connectivity index (χ2v) is 8.29. The lowest BCUT2D eigenvalue weighted by Gasteiger charge is -2.14. The molecule has 0 unspecified atom stereocenters. The Labute approximate surface area is 193 Å². The van der Waals surface area contributed by atoms with Gasteiger partial charge in [0.2, 0.25) is 0 Å². The van der Waals surface area contributed by atoms with Crippen LogP contribution in [0.5, 0.6) is 11.5 Å². The third-order valence-electron chi connectivity index (χ3n) is 5.09. The zero-order valence-electron chi connectivity index (χ0n) is 19.9.